The molecule has 2 aliphatic rings. The summed E-state index contributed by atoms with van der Waals surface area (Å²) in [4.78, 5) is 39.3. The Morgan fingerprint density at radius 1 is 0.600 bits per heavy atom. The number of hydrogen-bond acceptors (Lipinski definition) is 14. The summed E-state index contributed by atoms with van der Waals surface area (Å²) in [5.74, 6) is -4.22. The van der Waals surface area contributed by atoms with Crippen LogP contribution in [0.5, 0.6) is 0 Å². The van der Waals surface area contributed by atoms with Crippen molar-refractivity contribution in [2.24, 2.45) is 0 Å². The second kappa shape index (κ2) is 24.4. The lowest BCUT2D eigenvalue weighted by molar-refractivity contribution is -0.384. The van der Waals surface area contributed by atoms with Gasteiger partial charge in [-0.3, -0.25) is 14.4 Å². The molecule has 0 aromatic rings. The third kappa shape index (κ3) is 14.3. The zero-order chi connectivity index (χ0) is 36.9. The minimum absolute atomic E-state index is 0.00970. The van der Waals surface area contributed by atoms with Crippen LogP contribution in [0, 0.1) is 0 Å². The molecular weight excluding hydrogens is 656 g/mol. The van der Waals surface area contributed by atoms with Gasteiger partial charge in [0.1, 0.15) is 37.1 Å². The maximum atomic E-state index is 13.3. The van der Waals surface area contributed by atoms with Crippen molar-refractivity contribution in [3.05, 3.63) is 0 Å². The summed E-state index contributed by atoms with van der Waals surface area (Å²) >= 11 is 0. The highest BCUT2D eigenvalue weighted by Gasteiger charge is 2.63. The van der Waals surface area contributed by atoms with Gasteiger partial charge in [-0.1, -0.05) is 97.8 Å². The monoisotopic (exact) mass is 720 g/mol. The van der Waals surface area contributed by atoms with E-state index in [-0.39, 0.29) is 19.3 Å². The normalized spacial score (nSPS) is 29.5. The van der Waals surface area contributed by atoms with Crippen LogP contribution in [0.2, 0.25) is 0 Å². The molecule has 0 amide bonds. The number of carbonyl (C=O) groups excluding carboxylic acids is 3. The van der Waals surface area contributed by atoms with Crippen LogP contribution in [-0.2, 0) is 42.8 Å². The van der Waals surface area contributed by atoms with Gasteiger partial charge in [0.15, 0.2) is 18.5 Å². The number of aliphatic hydroxyl groups is 5. The highest BCUT2D eigenvalue weighted by molar-refractivity contribution is 5.71. The molecule has 9 atom stereocenters. The maximum absolute atomic E-state index is 13.3. The first-order valence-corrected chi connectivity index (χ1v) is 18.9. The van der Waals surface area contributed by atoms with Crippen LogP contribution in [0.1, 0.15) is 136 Å². The van der Waals surface area contributed by atoms with Crippen LogP contribution in [0.15, 0.2) is 0 Å². The molecule has 2 saturated heterocycles. The lowest BCUT2D eigenvalue weighted by Gasteiger charge is -2.43. The number of aliphatic hydroxyl groups excluding tert-OH is 5. The van der Waals surface area contributed by atoms with Gasteiger partial charge in [0, 0.05) is 19.3 Å². The van der Waals surface area contributed by atoms with Gasteiger partial charge in [0.05, 0.1) is 13.2 Å². The van der Waals surface area contributed by atoms with Crippen LogP contribution in [0.25, 0.3) is 0 Å². The first-order chi connectivity index (χ1) is 24.1. The summed E-state index contributed by atoms with van der Waals surface area (Å²) in [6, 6.07) is 0. The molecule has 0 saturated carbocycles. The Morgan fingerprint density at radius 3 is 1.58 bits per heavy atom. The van der Waals surface area contributed by atoms with Crippen molar-refractivity contribution < 1.29 is 68.3 Å². The van der Waals surface area contributed by atoms with Crippen LogP contribution >= 0.6 is 0 Å². The topological polar surface area (TPSA) is 208 Å². The number of esters is 3. The number of unbranched alkanes of at least 4 members (excludes halogenated alkanes) is 12. The predicted molar refractivity (Wildman–Crippen MR) is 180 cm³/mol. The first kappa shape index (κ1) is 44.3. The Hall–Kier alpha value is -1.91. The molecule has 2 aliphatic heterocycles. The van der Waals surface area contributed by atoms with Gasteiger partial charge in [-0.2, -0.15) is 0 Å². The van der Waals surface area contributed by atoms with Gasteiger partial charge in [-0.15, -0.1) is 0 Å². The summed E-state index contributed by atoms with van der Waals surface area (Å²) < 4.78 is 35.1. The second-order valence-electron chi connectivity index (χ2n) is 13.5. The molecule has 2 heterocycles. The average Bonchev–Trinajstić information content (AvgIpc) is 3.38. The summed E-state index contributed by atoms with van der Waals surface area (Å²) in [6.07, 6.45) is 0.267. The van der Waals surface area contributed by atoms with Gasteiger partial charge in [0.25, 0.3) is 0 Å². The number of ether oxygens (including phenoxy) is 6. The fourth-order valence-electron chi connectivity index (χ4n) is 6.16. The van der Waals surface area contributed by atoms with Crippen LogP contribution in [-0.4, -0.2) is 118 Å². The SMILES string of the molecule is CCCCCCCC(=O)OC[C@@]1(O[C@H]2O[C@H](CO)[C@@H](O)[C@H](O)[C@H]2O)O[C@H](CO)[C@@H](OC(=O)CCCCCCC)[C@@H]1OC(=O)CCCCCCC. The van der Waals surface area contributed by atoms with Crippen molar-refractivity contribution in [1.82, 2.24) is 0 Å². The lowest BCUT2D eigenvalue weighted by Crippen LogP contribution is -2.63. The van der Waals surface area contributed by atoms with Crippen molar-refractivity contribution in [2.75, 3.05) is 19.8 Å². The highest BCUT2D eigenvalue weighted by atomic mass is 16.8. The molecule has 14 heteroatoms. The average molecular weight is 721 g/mol. The standard InChI is InChI=1S/C36H64O14/c1-4-7-10-13-16-19-27(39)45-24-36(50-35-32(44)31(43)30(42)25(22-37)46-35)34(48-29(41)21-18-15-12-9-6-3)33(26(23-38)49-36)47-28(40)20-17-14-11-8-5-2/h25-26,30-35,37-38,42-44H,4-24H2,1-3H3/t25-,26-,30-,31+,32-,33-,34+,35-,36+/m1/s1. The van der Waals surface area contributed by atoms with Crippen molar-refractivity contribution in [2.45, 2.75) is 191 Å². The van der Waals surface area contributed by atoms with Crippen molar-refractivity contribution >= 4 is 17.9 Å². The largest absolute Gasteiger partial charge is 0.460 e. The summed E-state index contributed by atoms with van der Waals surface area (Å²) in [7, 11) is 0. The van der Waals surface area contributed by atoms with E-state index < -0.39 is 92.5 Å². The van der Waals surface area contributed by atoms with Crippen molar-refractivity contribution in [3.63, 3.8) is 0 Å². The predicted octanol–water partition coefficient (Wildman–Crippen LogP) is 3.34. The van der Waals surface area contributed by atoms with E-state index in [0.29, 0.717) is 19.3 Å². The molecule has 0 spiro atoms. The van der Waals surface area contributed by atoms with Gasteiger partial charge < -0.3 is 54.0 Å². The quantitative estimate of drug-likeness (QED) is 0.0494. The van der Waals surface area contributed by atoms with E-state index in [4.69, 9.17) is 28.4 Å². The highest BCUT2D eigenvalue weighted by Crippen LogP contribution is 2.40. The second-order valence-corrected chi connectivity index (χ2v) is 13.5. The van der Waals surface area contributed by atoms with Crippen LogP contribution in [0.4, 0.5) is 0 Å². The molecule has 0 aromatic heterocycles. The van der Waals surface area contributed by atoms with Gasteiger partial charge in [-0.25, -0.2) is 0 Å². The molecule has 5 N–H and O–H groups in total. The Morgan fingerprint density at radius 2 is 1.08 bits per heavy atom. The Labute approximate surface area is 297 Å². The third-order valence-corrected chi connectivity index (χ3v) is 9.21. The maximum Gasteiger partial charge on any atom is 0.306 e. The van der Waals surface area contributed by atoms with E-state index in [9.17, 15) is 39.9 Å². The van der Waals surface area contributed by atoms with Gasteiger partial charge in [-0.05, 0) is 19.3 Å². The molecule has 14 nitrogen and oxygen atoms in total. The van der Waals surface area contributed by atoms with Crippen molar-refractivity contribution in [1.29, 1.82) is 0 Å². The summed E-state index contributed by atoms with van der Waals surface area (Å²) in [5.41, 5.74) is 0. The summed E-state index contributed by atoms with van der Waals surface area (Å²) in [5, 5.41) is 51.9. The van der Waals surface area contributed by atoms with Gasteiger partial charge in [0.2, 0.25) is 5.79 Å². The molecule has 2 rings (SSSR count). The molecular formula is C36H64O14. The molecule has 0 unspecified atom stereocenters. The molecule has 0 aromatic carbocycles. The minimum Gasteiger partial charge on any atom is -0.460 e. The third-order valence-electron chi connectivity index (χ3n) is 9.21. The zero-order valence-electron chi connectivity index (χ0n) is 30.4. The van der Waals surface area contributed by atoms with E-state index in [1.165, 1.54) is 0 Å². The summed E-state index contributed by atoms with van der Waals surface area (Å²) in [6.45, 7) is 4.04. The van der Waals surface area contributed by atoms with E-state index in [1.54, 1.807) is 0 Å². The number of rotatable bonds is 26. The number of hydrogen-bond donors (Lipinski definition) is 5. The van der Waals surface area contributed by atoms with E-state index in [2.05, 4.69) is 20.8 Å². The van der Waals surface area contributed by atoms with Crippen LogP contribution in [0.3, 0.4) is 0 Å². The molecule has 2 fully saturated rings. The fraction of sp³-hybridized carbons (Fsp3) is 0.917. The Balaban J connectivity index is 2.42. The van der Waals surface area contributed by atoms with Crippen LogP contribution < -0.4 is 0 Å². The number of carbonyl (C=O) groups is 3. The lowest BCUT2D eigenvalue weighted by atomic mass is 9.98. The Bertz CT molecular complexity index is 963. The zero-order valence-corrected chi connectivity index (χ0v) is 30.4. The first-order valence-electron chi connectivity index (χ1n) is 18.9. The van der Waals surface area contributed by atoms with Gasteiger partial charge >= 0.3 is 17.9 Å². The molecule has 292 valence electrons. The molecule has 0 bridgehead atoms. The minimum atomic E-state index is -2.30. The van der Waals surface area contributed by atoms with E-state index >= 15 is 0 Å². The van der Waals surface area contributed by atoms with E-state index in [0.717, 1.165) is 77.0 Å². The Kier molecular flexibility index (Phi) is 21.6. The molecule has 0 radical (unpaired) electrons. The van der Waals surface area contributed by atoms with E-state index in [1.807, 2.05) is 0 Å². The molecule has 50 heavy (non-hydrogen) atoms. The smallest absolute Gasteiger partial charge is 0.306 e. The van der Waals surface area contributed by atoms with Crippen molar-refractivity contribution in [3.8, 4) is 0 Å². The fourth-order valence-corrected chi connectivity index (χ4v) is 6.16. The molecule has 0 aliphatic carbocycles.